The summed E-state index contributed by atoms with van der Waals surface area (Å²) in [6.07, 6.45) is 8.93. The predicted molar refractivity (Wildman–Crippen MR) is 125 cm³/mol. The van der Waals surface area contributed by atoms with E-state index in [9.17, 15) is 0 Å². The van der Waals surface area contributed by atoms with Crippen LogP contribution in [-0.2, 0) is 4.74 Å². The van der Waals surface area contributed by atoms with Gasteiger partial charge in [0, 0.05) is 60.0 Å². The topological polar surface area (TPSA) is 52.1 Å². The third-order valence-electron chi connectivity index (χ3n) is 6.14. The van der Waals surface area contributed by atoms with Crippen LogP contribution in [0.25, 0.3) is 0 Å². The second-order valence-corrected chi connectivity index (χ2v) is 8.15. The lowest BCUT2D eigenvalue weighted by atomic mass is 9.83. The van der Waals surface area contributed by atoms with Crippen molar-refractivity contribution in [1.82, 2.24) is 20.4 Å². The second-order valence-electron chi connectivity index (χ2n) is 8.15. The molecule has 2 N–H and O–H groups in total. The van der Waals surface area contributed by atoms with Crippen LogP contribution in [0.1, 0.15) is 44.9 Å². The standard InChI is InChI=1S/C20H41N5O.HI/c1-21-19(23-18-20(10-17-26-3)8-4-5-9-20)22-11-6-7-12-25-15-13-24(2)14-16-25;/h4-18H2,1-3H3,(H2,21,22,23);1H. The molecule has 2 aliphatic rings. The quantitative estimate of drug-likeness (QED) is 0.211. The van der Waals surface area contributed by atoms with Gasteiger partial charge in [-0.1, -0.05) is 12.8 Å². The summed E-state index contributed by atoms with van der Waals surface area (Å²) in [5, 5.41) is 7.07. The molecule has 1 saturated heterocycles. The number of hydrogen-bond acceptors (Lipinski definition) is 4. The van der Waals surface area contributed by atoms with E-state index in [1.165, 1.54) is 71.2 Å². The first-order valence-electron chi connectivity index (χ1n) is 10.5. The van der Waals surface area contributed by atoms with E-state index in [-0.39, 0.29) is 24.0 Å². The maximum absolute atomic E-state index is 5.33. The Hall–Kier alpha value is -0.120. The Bertz CT molecular complexity index is 407. The molecule has 2 fully saturated rings. The Balaban J connectivity index is 0.00000364. The summed E-state index contributed by atoms with van der Waals surface area (Å²) < 4.78 is 5.33. The average Bonchev–Trinajstić information content (AvgIpc) is 3.13. The van der Waals surface area contributed by atoms with E-state index in [4.69, 9.17) is 4.74 Å². The smallest absolute Gasteiger partial charge is 0.190 e. The summed E-state index contributed by atoms with van der Waals surface area (Å²) in [7, 11) is 5.89. The lowest BCUT2D eigenvalue weighted by Crippen LogP contribution is -2.45. The Labute approximate surface area is 183 Å². The Morgan fingerprint density at radius 2 is 1.78 bits per heavy atom. The molecule has 0 aromatic carbocycles. The number of nitrogens with zero attached hydrogens (tertiary/aromatic N) is 3. The molecule has 0 aromatic heterocycles. The average molecular weight is 495 g/mol. The number of piperazine rings is 1. The number of unbranched alkanes of at least 4 members (excludes halogenated alkanes) is 1. The highest BCUT2D eigenvalue weighted by Gasteiger charge is 2.33. The van der Waals surface area contributed by atoms with Crippen molar-refractivity contribution in [2.24, 2.45) is 10.4 Å². The van der Waals surface area contributed by atoms with Crippen LogP contribution in [0.4, 0.5) is 0 Å². The number of nitrogens with one attached hydrogen (secondary N) is 2. The van der Waals surface area contributed by atoms with E-state index in [1.807, 2.05) is 7.05 Å². The summed E-state index contributed by atoms with van der Waals surface area (Å²) in [6, 6.07) is 0. The van der Waals surface area contributed by atoms with E-state index < -0.39 is 0 Å². The van der Waals surface area contributed by atoms with E-state index in [0.717, 1.165) is 32.1 Å². The molecule has 1 aliphatic heterocycles. The van der Waals surface area contributed by atoms with Crippen molar-refractivity contribution in [2.75, 3.05) is 73.6 Å². The number of methoxy groups -OCH3 is 1. The summed E-state index contributed by atoms with van der Waals surface area (Å²) in [5.41, 5.74) is 0.398. The summed E-state index contributed by atoms with van der Waals surface area (Å²) in [6.45, 7) is 8.95. The van der Waals surface area contributed by atoms with Crippen molar-refractivity contribution >= 4 is 29.9 Å². The monoisotopic (exact) mass is 495 g/mol. The minimum absolute atomic E-state index is 0. The molecule has 160 valence electrons. The zero-order valence-electron chi connectivity index (χ0n) is 17.8. The highest BCUT2D eigenvalue weighted by molar-refractivity contribution is 14.0. The van der Waals surface area contributed by atoms with Gasteiger partial charge in [0.05, 0.1) is 0 Å². The van der Waals surface area contributed by atoms with Crippen LogP contribution in [0.5, 0.6) is 0 Å². The lowest BCUT2D eigenvalue weighted by Gasteiger charge is -2.32. The Morgan fingerprint density at radius 1 is 1.07 bits per heavy atom. The van der Waals surface area contributed by atoms with Crippen LogP contribution >= 0.6 is 24.0 Å². The van der Waals surface area contributed by atoms with Gasteiger partial charge < -0.3 is 25.2 Å². The highest BCUT2D eigenvalue weighted by atomic mass is 127. The molecule has 1 saturated carbocycles. The van der Waals surface area contributed by atoms with Gasteiger partial charge in [0.25, 0.3) is 0 Å². The van der Waals surface area contributed by atoms with Crippen molar-refractivity contribution in [2.45, 2.75) is 44.9 Å². The fourth-order valence-corrected chi connectivity index (χ4v) is 4.19. The first-order valence-corrected chi connectivity index (χ1v) is 10.5. The fraction of sp³-hybridized carbons (Fsp3) is 0.950. The molecule has 7 heteroatoms. The van der Waals surface area contributed by atoms with Crippen molar-refractivity contribution in [3.63, 3.8) is 0 Å². The van der Waals surface area contributed by atoms with Crippen LogP contribution in [0.15, 0.2) is 4.99 Å². The lowest BCUT2D eigenvalue weighted by molar-refractivity contribution is 0.138. The van der Waals surface area contributed by atoms with Gasteiger partial charge in [0.1, 0.15) is 0 Å². The van der Waals surface area contributed by atoms with Gasteiger partial charge in [0.2, 0.25) is 0 Å². The number of likely N-dealkylation sites (N-methyl/N-ethyl adjacent to an activating group) is 1. The number of rotatable bonds is 10. The van der Waals surface area contributed by atoms with Crippen molar-refractivity contribution in [1.29, 1.82) is 0 Å². The number of halogens is 1. The summed E-state index contributed by atoms with van der Waals surface area (Å²) in [5.74, 6) is 0.952. The van der Waals surface area contributed by atoms with Gasteiger partial charge in [-0.25, -0.2) is 0 Å². The van der Waals surface area contributed by atoms with Gasteiger partial charge in [-0.2, -0.15) is 0 Å². The summed E-state index contributed by atoms with van der Waals surface area (Å²) >= 11 is 0. The van der Waals surface area contributed by atoms with Gasteiger partial charge in [0.15, 0.2) is 5.96 Å². The van der Waals surface area contributed by atoms with Crippen LogP contribution < -0.4 is 10.6 Å². The van der Waals surface area contributed by atoms with Crippen LogP contribution in [0.2, 0.25) is 0 Å². The maximum Gasteiger partial charge on any atom is 0.190 e. The first-order chi connectivity index (χ1) is 12.7. The Kier molecular flexibility index (Phi) is 12.9. The largest absolute Gasteiger partial charge is 0.385 e. The number of hydrogen-bond donors (Lipinski definition) is 2. The minimum Gasteiger partial charge on any atom is -0.385 e. The SMILES string of the molecule is CN=C(NCCCCN1CCN(C)CC1)NCC1(CCOC)CCCC1.I. The molecule has 1 heterocycles. The molecule has 0 atom stereocenters. The highest BCUT2D eigenvalue weighted by Crippen LogP contribution is 2.40. The minimum atomic E-state index is 0. The van der Waals surface area contributed by atoms with E-state index >= 15 is 0 Å². The molecule has 0 spiro atoms. The van der Waals surface area contributed by atoms with Crippen LogP contribution in [0, 0.1) is 5.41 Å². The van der Waals surface area contributed by atoms with Gasteiger partial charge in [-0.05, 0) is 51.1 Å². The normalized spacial score (nSPS) is 21.1. The first kappa shape index (κ1) is 24.9. The molecule has 0 bridgehead atoms. The molecule has 27 heavy (non-hydrogen) atoms. The second kappa shape index (κ2) is 14.0. The summed E-state index contributed by atoms with van der Waals surface area (Å²) in [4.78, 5) is 9.41. The molecule has 2 rings (SSSR count). The predicted octanol–water partition coefficient (Wildman–Crippen LogP) is 2.39. The van der Waals surface area contributed by atoms with E-state index in [0.29, 0.717) is 5.41 Å². The van der Waals surface area contributed by atoms with Gasteiger partial charge in [-0.3, -0.25) is 4.99 Å². The molecule has 0 radical (unpaired) electrons. The van der Waals surface area contributed by atoms with Crippen LogP contribution in [-0.4, -0.2) is 89.4 Å². The van der Waals surface area contributed by atoms with Crippen molar-refractivity contribution in [3.8, 4) is 0 Å². The Morgan fingerprint density at radius 3 is 2.41 bits per heavy atom. The molecule has 0 unspecified atom stereocenters. The van der Waals surface area contributed by atoms with Gasteiger partial charge >= 0.3 is 0 Å². The molecule has 0 aromatic rings. The molecular weight excluding hydrogens is 453 g/mol. The molecule has 6 nitrogen and oxygen atoms in total. The number of aliphatic imine (C=N–C) groups is 1. The zero-order valence-corrected chi connectivity index (χ0v) is 20.1. The maximum atomic E-state index is 5.33. The third-order valence-corrected chi connectivity index (χ3v) is 6.14. The molecule has 0 amide bonds. The van der Waals surface area contributed by atoms with Crippen molar-refractivity contribution < 1.29 is 4.74 Å². The van der Waals surface area contributed by atoms with Crippen molar-refractivity contribution in [3.05, 3.63) is 0 Å². The zero-order chi connectivity index (χ0) is 18.7. The third kappa shape index (κ3) is 9.28. The van der Waals surface area contributed by atoms with Gasteiger partial charge in [-0.15, -0.1) is 24.0 Å². The van der Waals surface area contributed by atoms with E-state index in [1.54, 1.807) is 7.11 Å². The molecule has 1 aliphatic carbocycles. The number of guanidine groups is 1. The molecular formula is C20H42IN5O. The number of ether oxygens (including phenoxy) is 1. The van der Waals surface area contributed by atoms with Crippen LogP contribution in [0.3, 0.4) is 0 Å². The fourth-order valence-electron chi connectivity index (χ4n) is 4.19. The van der Waals surface area contributed by atoms with E-state index in [2.05, 4.69) is 32.5 Å².